The van der Waals surface area contributed by atoms with Gasteiger partial charge in [-0.05, 0) is 32.4 Å². The maximum Gasteiger partial charge on any atom is 0.269 e. The molecule has 0 aliphatic heterocycles. The third-order valence-corrected chi connectivity index (χ3v) is 3.35. The van der Waals surface area contributed by atoms with Crippen LogP contribution in [0.3, 0.4) is 0 Å². The molecule has 6 heteroatoms. The van der Waals surface area contributed by atoms with Crippen LogP contribution in [-0.2, 0) is 9.59 Å². The van der Waals surface area contributed by atoms with E-state index in [4.69, 9.17) is 0 Å². The predicted molar refractivity (Wildman–Crippen MR) is 88.6 cm³/mol. The molecular weight excluding hydrogens is 294 g/mol. The highest BCUT2D eigenvalue weighted by Crippen LogP contribution is 2.13. The fraction of sp³-hybridized carbons (Fsp3) is 0.471. The SMILES string of the molecule is Cc1ccc(C(=O)NNC(=O)C(C)NC(=O)C(C)(C)C)c(C)c1. The van der Waals surface area contributed by atoms with E-state index >= 15 is 0 Å². The Morgan fingerprint density at radius 3 is 2.17 bits per heavy atom. The van der Waals surface area contributed by atoms with Gasteiger partial charge in [-0.1, -0.05) is 38.5 Å². The molecule has 0 aliphatic carbocycles. The smallest absolute Gasteiger partial charge is 0.269 e. The van der Waals surface area contributed by atoms with Gasteiger partial charge in [-0.2, -0.15) is 0 Å². The molecule has 0 radical (unpaired) electrons. The van der Waals surface area contributed by atoms with Crippen molar-refractivity contribution >= 4 is 17.7 Å². The number of carbonyl (C=O) groups is 3. The van der Waals surface area contributed by atoms with Crippen LogP contribution >= 0.6 is 0 Å². The molecule has 0 aromatic heterocycles. The van der Waals surface area contributed by atoms with Crippen molar-refractivity contribution in [2.24, 2.45) is 5.41 Å². The van der Waals surface area contributed by atoms with Crippen molar-refractivity contribution in [3.8, 4) is 0 Å². The number of benzene rings is 1. The van der Waals surface area contributed by atoms with E-state index in [-0.39, 0.29) is 5.91 Å². The number of rotatable bonds is 3. The molecule has 6 nitrogen and oxygen atoms in total. The summed E-state index contributed by atoms with van der Waals surface area (Å²) in [5.74, 6) is -1.12. The molecule has 0 heterocycles. The van der Waals surface area contributed by atoms with E-state index in [1.54, 1.807) is 33.8 Å². The van der Waals surface area contributed by atoms with Gasteiger partial charge in [0.15, 0.2) is 0 Å². The first kappa shape index (κ1) is 18.7. The van der Waals surface area contributed by atoms with Crippen LogP contribution in [0.4, 0.5) is 0 Å². The standard InChI is InChI=1S/C17H25N3O3/c1-10-7-8-13(11(2)9-10)15(22)20-19-14(21)12(3)18-16(23)17(4,5)6/h7-9,12H,1-6H3,(H,18,23)(H,19,21)(H,20,22). The Hall–Kier alpha value is -2.37. The predicted octanol–water partition coefficient (Wildman–Crippen LogP) is 1.62. The fourth-order valence-electron chi connectivity index (χ4n) is 1.84. The lowest BCUT2D eigenvalue weighted by molar-refractivity contribution is -0.133. The number of hydrogen-bond donors (Lipinski definition) is 3. The fourth-order valence-corrected chi connectivity index (χ4v) is 1.84. The summed E-state index contributed by atoms with van der Waals surface area (Å²) in [5, 5.41) is 2.60. The maximum atomic E-state index is 12.1. The van der Waals surface area contributed by atoms with E-state index in [2.05, 4.69) is 16.2 Å². The zero-order chi connectivity index (χ0) is 17.8. The molecule has 1 rings (SSSR count). The number of hydrazine groups is 1. The molecule has 0 saturated carbocycles. The summed E-state index contributed by atoms with van der Waals surface area (Å²) in [6, 6.07) is 4.68. The third kappa shape index (κ3) is 5.39. The Labute approximate surface area is 137 Å². The minimum Gasteiger partial charge on any atom is -0.344 e. The monoisotopic (exact) mass is 319 g/mol. The Balaban J connectivity index is 2.58. The van der Waals surface area contributed by atoms with Crippen LogP contribution in [0.2, 0.25) is 0 Å². The molecule has 23 heavy (non-hydrogen) atoms. The van der Waals surface area contributed by atoms with Crippen molar-refractivity contribution in [3.63, 3.8) is 0 Å². The van der Waals surface area contributed by atoms with Gasteiger partial charge in [-0.25, -0.2) is 0 Å². The second-order valence-corrected chi connectivity index (χ2v) is 6.71. The maximum absolute atomic E-state index is 12.1. The Kier molecular flexibility index (Phi) is 5.90. The van der Waals surface area contributed by atoms with Gasteiger partial charge in [0.05, 0.1) is 0 Å². The zero-order valence-electron chi connectivity index (χ0n) is 14.5. The Morgan fingerprint density at radius 1 is 1.04 bits per heavy atom. The van der Waals surface area contributed by atoms with Crippen LogP contribution in [0.25, 0.3) is 0 Å². The van der Waals surface area contributed by atoms with Crippen LogP contribution in [0.1, 0.15) is 49.2 Å². The van der Waals surface area contributed by atoms with E-state index in [1.807, 2.05) is 26.0 Å². The summed E-state index contributed by atoms with van der Waals surface area (Å²) in [4.78, 5) is 35.8. The Bertz CT molecular complexity index is 618. The topological polar surface area (TPSA) is 87.3 Å². The number of amides is 3. The summed E-state index contributed by atoms with van der Waals surface area (Å²) in [6.45, 7) is 10.6. The molecule has 1 aromatic rings. The Morgan fingerprint density at radius 2 is 1.65 bits per heavy atom. The van der Waals surface area contributed by atoms with E-state index in [0.29, 0.717) is 5.56 Å². The van der Waals surface area contributed by atoms with Crippen LogP contribution in [0, 0.1) is 19.3 Å². The van der Waals surface area contributed by atoms with Crippen molar-refractivity contribution in [3.05, 3.63) is 34.9 Å². The number of nitrogens with one attached hydrogen (secondary N) is 3. The van der Waals surface area contributed by atoms with Crippen molar-refractivity contribution < 1.29 is 14.4 Å². The average Bonchev–Trinajstić information content (AvgIpc) is 2.43. The first-order valence-corrected chi connectivity index (χ1v) is 7.51. The molecule has 1 aromatic carbocycles. The van der Waals surface area contributed by atoms with Crippen molar-refractivity contribution in [2.75, 3.05) is 0 Å². The normalized spacial score (nSPS) is 12.3. The van der Waals surface area contributed by atoms with Gasteiger partial charge in [0.2, 0.25) is 5.91 Å². The molecule has 126 valence electrons. The molecule has 1 atom stereocenters. The molecule has 3 amide bonds. The van der Waals surface area contributed by atoms with Crippen LogP contribution in [0.15, 0.2) is 18.2 Å². The summed E-state index contributed by atoms with van der Waals surface area (Å²) in [6.07, 6.45) is 0. The molecular formula is C17H25N3O3. The summed E-state index contributed by atoms with van der Waals surface area (Å²) in [7, 11) is 0. The lowest BCUT2D eigenvalue weighted by Gasteiger charge is -2.21. The second kappa shape index (κ2) is 7.26. The van der Waals surface area contributed by atoms with Gasteiger partial charge < -0.3 is 5.32 Å². The van der Waals surface area contributed by atoms with Gasteiger partial charge in [-0.3, -0.25) is 25.2 Å². The first-order chi connectivity index (χ1) is 10.5. The van der Waals surface area contributed by atoms with Crippen molar-refractivity contribution in [1.29, 1.82) is 0 Å². The highest BCUT2D eigenvalue weighted by Gasteiger charge is 2.25. The first-order valence-electron chi connectivity index (χ1n) is 7.51. The highest BCUT2D eigenvalue weighted by atomic mass is 16.2. The average molecular weight is 319 g/mol. The molecule has 3 N–H and O–H groups in total. The van der Waals surface area contributed by atoms with Gasteiger partial charge >= 0.3 is 0 Å². The van der Waals surface area contributed by atoms with Gasteiger partial charge in [0, 0.05) is 11.0 Å². The molecule has 0 saturated heterocycles. The van der Waals surface area contributed by atoms with E-state index < -0.39 is 23.3 Å². The molecule has 0 aliphatic rings. The summed E-state index contributed by atoms with van der Waals surface area (Å²) < 4.78 is 0. The van der Waals surface area contributed by atoms with Crippen LogP contribution in [0.5, 0.6) is 0 Å². The quantitative estimate of drug-likeness (QED) is 0.740. The highest BCUT2D eigenvalue weighted by molar-refractivity contribution is 5.97. The van der Waals surface area contributed by atoms with Gasteiger partial charge in [0.25, 0.3) is 11.8 Å². The summed E-state index contributed by atoms with van der Waals surface area (Å²) in [5.41, 5.74) is 6.47. The molecule has 0 bridgehead atoms. The minimum absolute atomic E-state index is 0.235. The van der Waals surface area contributed by atoms with E-state index in [0.717, 1.165) is 11.1 Å². The van der Waals surface area contributed by atoms with Crippen molar-refractivity contribution in [2.45, 2.75) is 47.6 Å². The van der Waals surface area contributed by atoms with Crippen LogP contribution < -0.4 is 16.2 Å². The van der Waals surface area contributed by atoms with Crippen LogP contribution in [-0.4, -0.2) is 23.8 Å². The number of aryl methyl sites for hydroxylation is 2. The molecule has 0 spiro atoms. The van der Waals surface area contributed by atoms with E-state index in [9.17, 15) is 14.4 Å². The summed E-state index contributed by atoms with van der Waals surface area (Å²) >= 11 is 0. The minimum atomic E-state index is -0.749. The zero-order valence-corrected chi connectivity index (χ0v) is 14.5. The van der Waals surface area contributed by atoms with Crippen molar-refractivity contribution in [1.82, 2.24) is 16.2 Å². The molecule has 1 unspecified atom stereocenters. The van der Waals surface area contributed by atoms with Gasteiger partial charge in [-0.15, -0.1) is 0 Å². The van der Waals surface area contributed by atoms with E-state index in [1.165, 1.54) is 0 Å². The third-order valence-electron chi connectivity index (χ3n) is 3.35. The second-order valence-electron chi connectivity index (χ2n) is 6.71. The largest absolute Gasteiger partial charge is 0.344 e. The lowest BCUT2D eigenvalue weighted by atomic mass is 9.95. The number of carbonyl (C=O) groups excluding carboxylic acids is 3. The van der Waals surface area contributed by atoms with Gasteiger partial charge in [0.1, 0.15) is 6.04 Å². The lowest BCUT2D eigenvalue weighted by Crippen LogP contribution is -2.52. The molecule has 0 fully saturated rings. The number of hydrogen-bond acceptors (Lipinski definition) is 3.